The molecule has 3 unspecified atom stereocenters. The van der Waals surface area contributed by atoms with Crippen molar-refractivity contribution in [1.82, 2.24) is 10.2 Å². The van der Waals surface area contributed by atoms with E-state index in [-0.39, 0.29) is 24.2 Å². The lowest BCUT2D eigenvalue weighted by molar-refractivity contribution is -0.133. The van der Waals surface area contributed by atoms with Crippen LogP contribution in [0.25, 0.3) is 0 Å². The first kappa shape index (κ1) is 16.3. The van der Waals surface area contributed by atoms with E-state index in [0.29, 0.717) is 10.9 Å². The smallest absolute Gasteiger partial charge is 0.241 e. The first-order chi connectivity index (χ1) is 9.99. The number of carbonyl (C=O) groups is 1. The Morgan fingerprint density at radius 3 is 2.57 bits per heavy atom. The van der Waals surface area contributed by atoms with E-state index in [0.717, 1.165) is 18.4 Å². The summed E-state index contributed by atoms with van der Waals surface area (Å²) in [7, 11) is 0. The van der Waals surface area contributed by atoms with Crippen LogP contribution in [-0.4, -0.2) is 22.9 Å². The Labute approximate surface area is 132 Å². The molecule has 4 heteroatoms. The normalized spacial score (nSPS) is 23.9. The second-order valence-electron chi connectivity index (χ2n) is 5.91. The van der Waals surface area contributed by atoms with Gasteiger partial charge in [-0.05, 0) is 37.5 Å². The summed E-state index contributed by atoms with van der Waals surface area (Å²) in [5, 5.41) is 4.10. The molecule has 1 saturated heterocycles. The van der Waals surface area contributed by atoms with Crippen LogP contribution in [0, 0.1) is 5.92 Å². The van der Waals surface area contributed by atoms with Gasteiger partial charge in [-0.1, -0.05) is 50.4 Å². The molecule has 0 bridgehead atoms. The molecule has 3 atom stereocenters. The van der Waals surface area contributed by atoms with Crippen LogP contribution in [-0.2, 0) is 4.79 Å². The molecule has 1 fully saturated rings. The number of carbonyl (C=O) groups excluding carboxylic acids is 1. The van der Waals surface area contributed by atoms with Crippen LogP contribution >= 0.6 is 11.6 Å². The lowest BCUT2D eigenvalue weighted by Gasteiger charge is -2.35. The molecule has 21 heavy (non-hydrogen) atoms. The molecule has 1 aliphatic rings. The topological polar surface area (TPSA) is 32.3 Å². The molecular formula is C17H25ClN2O. The maximum atomic E-state index is 12.6. The van der Waals surface area contributed by atoms with Gasteiger partial charge in [0, 0.05) is 11.1 Å². The number of nitrogens with zero attached hydrogens (tertiary/aromatic N) is 1. The summed E-state index contributed by atoms with van der Waals surface area (Å²) < 4.78 is 0. The molecule has 2 rings (SSSR count). The summed E-state index contributed by atoms with van der Waals surface area (Å²) in [4.78, 5) is 14.6. The van der Waals surface area contributed by atoms with E-state index in [1.165, 1.54) is 0 Å². The fourth-order valence-corrected chi connectivity index (χ4v) is 3.51. The zero-order chi connectivity index (χ0) is 15.6. The van der Waals surface area contributed by atoms with Gasteiger partial charge >= 0.3 is 0 Å². The quantitative estimate of drug-likeness (QED) is 0.892. The molecule has 1 N–H and O–H groups in total. The van der Waals surface area contributed by atoms with Gasteiger partial charge in [0.25, 0.3) is 0 Å². The Morgan fingerprint density at radius 2 is 2.00 bits per heavy atom. The zero-order valence-corrected chi connectivity index (χ0v) is 14.0. The largest absolute Gasteiger partial charge is 0.319 e. The first-order valence-corrected chi connectivity index (χ1v) is 8.21. The lowest BCUT2D eigenvalue weighted by atomic mass is 9.93. The van der Waals surface area contributed by atoms with Gasteiger partial charge in [0.2, 0.25) is 5.91 Å². The van der Waals surface area contributed by atoms with Crippen molar-refractivity contribution >= 4 is 17.5 Å². The fraction of sp³-hybridized carbons (Fsp3) is 0.588. The molecule has 1 heterocycles. The van der Waals surface area contributed by atoms with Crippen LogP contribution in [0.5, 0.6) is 0 Å². The molecule has 1 aliphatic heterocycles. The van der Waals surface area contributed by atoms with Gasteiger partial charge in [-0.3, -0.25) is 10.1 Å². The highest BCUT2D eigenvalue weighted by Crippen LogP contribution is 2.32. The molecule has 1 amide bonds. The molecule has 1 aromatic carbocycles. The van der Waals surface area contributed by atoms with Crippen LogP contribution in [0.3, 0.4) is 0 Å². The average molecular weight is 309 g/mol. The van der Waals surface area contributed by atoms with Crippen LogP contribution in [0.2, 0.25) is 5.02 Å². The standard InChI is InChI=1S/C17H25ClN2O/c1-5-13(6-2)12(4)20-16(19-11(3)17(20)21)14-8-7-9-15(18)10-14/h7-13,16,19H,5-6H2,1-4H3. The van der Waals surface area contributed by atoms with Gasteiger partial charge in [-0.25, -0.2) is 0 Å². The highest BCUT2D eigenvalue weighted by atomic mass is 35.5. The van der Waals surface area contributed by atoms with E-state index in [1.807, 2.05) is 36.1 Å². The van der Waals surface area contributed by atoms with Crippen molar-refractivity contribution < 1.29 is 4.79 Å². The molecule has 116 valence electrons. The maximum Gasteiger partial charge on any atom is 0.241 e. The molecule has 1 aromatic rings. The predicted molar refractivity (Wildman–Crippen MR) is 87.2 cm³/mol. The fourth-order valence-electron chi connectivity index (χ4n) is 3.31. The SMILES string of the molecule is CCC(CC)C(C)N1C(=O)C(C)NC1c1cccc(Cl)c1. The summed E-state index contributed by atoms with van der Waals surface area (Å²) in [6.07, 6.45) is 2.08. The Bertz CT molecular complexity index is 501. The number of nitrogens with one attached hydrogen (secondary N) is 1. The molecule has 0 aromatic heterocycles. The minimum absolute atomic E-state index is 0.0817. The Hall–Kier alpha value is -1.06. The van der Waals surface area contributed by atoms with Gasteiger partial charge in [0.05, 0.1) is 6.04 Å². The third-order valence-electron chi connectivity index (χ3n) is 4.65. The molecule has 0 spiro atoms. The van der Waals surface area contributed by atoms with Crippen LogP contribution in [0.15, 0.2) is 24.3 Å². The van der Waals surface area contributed by atoms with Crippen molar-refractivity contribution in [2.45, 2.75) is 58.8 Å². The number of halogens is 1. The first-order valence-electron chi connectivity index (χ1n) is 7.83. The number of hydrogen-bond donors (Lipinski definition) is 1. The monoisotopic (exact) mass is 308 g/mol. The van der Waals surface area contributed by atoms with Gasteiger partial charge in [-0.2, -0.15) is 0 Å². The average Bonchev–Trinajstić information content (AvgIpc) is 2.76. The van der Waals surface area contributed by atoms with Crippen molar-refractivity contribution in [1.29, 1.82) is 0 Å². The van der Waals surface area contributed by atoms with Crippen LogP contribution < -0.4 is 5.32 Å². The van der Waals surface area contributed by atoms with Crippen LogP contribution in [0.1, 0.15) is 52.3 Å². The summed E-state index contributed by atoms with van der Waals surface area (Å²) in [5.41, 5.74) is 1.05. The van der Waals surface area contributed by atoms with Crippen molar-refractivity contribution in [3.05, 3.63) is 34.9 Å². The minimum atomic E-state index is -0.147. The Morgan fingerprint density at radius 1 is 1.33 bits per heavy atom. The molecule has 3 nitrogen and oxygen atoms in total. The number of rotatable bonds is 5. The second kappa shape index (κ2) is 6.80. The van der Waals surface area contributed by atoms with E-state index in [1.54, 1.807) is 0 Å². The highest BCUT2D eigenvalue weighted by Gasteiger charge is 2.41. The van der Waals surface area contributed by atoms with Gasteiger partial charge in [-0.15, -0.1) is 0 Å². The van der Waals surface area contributed by atoms with Crippen molar-refractivity contribution in [2.75, 3.05) is 0 Å². The molecule has 0 radical (unpaired) electrons. The Balaban J connectivity index is 2.33. The van der Waals surface area contributed by atoms with E-state index < -0.39 is 0 Å². The summed E-state index contributed by atoms with van der Waals surface area (Å²) in [6.45, 7) is 8.47. The third-order valence-corrected chi connectivity index (χ3v) is 4.88. The number of amides is 1. The van der Waals surface area contributed by atoms with Crippen LogP contribution in [0.4, 0.5) is 0 Å². The molecule has 0 aliphatic carbocycles. The zero-order valence-electron chi connectivity index (χ0n) is 13.3. The van der Waals surface area contributed by atoms with Gasteiger partial charge in [0.15, 0.2) is 0 Å². The predicted octanol–water partition coefficient (Wildman–Crippen LogP) is 3.98. The number of hydrogen-bond acceptors (Lipinski definition) is 2. The summed E-state index contributed by atoms with van der Waals surface area (Å²) in [6, 6.07) is 7.84. The van der Waals surface area contributed by atoms with E-state index in [2.05, 4.69) is 26.1 Å². The van der Waals surface area contributed by atoms with Crippen molar-refractivity contribution in [2.24, 2.45) is 5.92 Å². The summed E-state index contributed by atoms with van der Waals surface area (Å²) in [5.74, 6) is 0.696. The van der Waals surface area contributed by atoms with Gasteiger partial charge in [0.1, 0.15) is 6.17 Å². The molecular weight excluding hydrogens is 284 g/mol. The number of benzene rings is 1. The minimum Gasteiger partial charge on any atom is -0.319 e. The maximum absolute atomic E-state index is 12.6. The van der Waals surface area contributed by atoms with Crippen molar-refractivity contribution in [3.63, 3.8) is 0 Å². The Kier molecular flexibility index (Phi) is 5.28. The van der Waals surface area contributed by atoms with E-state index in [9.17, 15) is 4.79 Å². The van der Waals surface area contributed by atoms with Gasteiger partial charge < -0.3 is 4.90 Å². The lowest BCUT2D eigenvalue weighted by Crippen LogP contribution is -2.42. The van der Waals surface area contributed by atoms with E-state index >= 15 is 0 Å². The molecule has 0 saturated carbocycles. The van der Waals surface area contributed by atoms with E-state index in [4.69, 9.17) is 11.6 Å². The summed E-state index contributed by atoms with van der Waals surface area (Å²) >= 11 is 6.11. The van der Waals surface area contributed by atoms with Crippen molar-refractivity contribution in [3.8, 4) is 0 Å². The second-order valence-corrected chi connectivity index (χ2v) is 6.35. The highest BCUT2D eigenvalue weighted by molar-refractivity contribution is 6.30. The third kappa shape index (κ3) is 3.24.